The van der Waals surface area contributed by atoms with Crippen LogP contribution in [0.4, 0.5) is 11.4 Å². The van der Waals surface area contributed by atoms with Gasteiger partial charge < -0.3 is 15.6 Å². The number of aliphatic hydroxyl groups excluding tert-OH is 1. The van der Waals surface area contributed by atoms with Gasteiger partial charge in [-0.05, 0) is 34.4 Å². The first kappa shape index (κ1) is 27.6. The summed E-state index contributed by atoms with van der Waals surface area (Å²) in [4.78, 5) is 15.6. The number of carbonyl (C=O) groups is 1. The van der Waals surface area contributed by atoms with Gasteiger partial charge in [-0.1, -0.05) is 77.9 Å². The number of para-hydroxylation sites is 1. The summed E-state index contributed by atoms with van der Waals surface area (Å²) >= 11 is 0. The van der Waals surface area contributed by atoms with Crippen molar-refractivity contribution >= 4 is 40.5 Å². The molecule has 0 unspecified atom stereocenters. The van der Waals surface area contributed by atoms with Crippen LogP contribution in [0.5, 0.6) is 0 Å². The molecule has 2 heterocycles. The Morgan fingerprint density at radius 3 is 2.35 bits per heavy atom. The van der Waals surface area contributed by atoms with Crippen LogP contribution < -0.4 is 10.8 Å². The Balaban J connectivity index is 0.000000294. The quantitative estimate of drug-likeness (QED) is 0.191. The first-order valence-electron chi connectivity index (χ1n) is 11.6. The first-order chi connectivity index (χ1) is 15.7. The second kappa shape index (κ2) is 12.2. The molecule has 7 heteroatoms. The molecule has 0 saturated carbocycles. The molecule has 0 saturated heterocycles. The van der Waals surface area contributed by atoms with Crippen LogP contribution in [-0.2, 0) is 24.9 Å². The molecular formula is C27H33BIrN3O2-. The number of pyridine rings is 1. The molecule has 0 aliphatic carbocycles. The Morgan fingerprint density at radius 1 is 1.03 bits per heavy atom. The van der Waals surface area contributed by atoms with Crippen LogP contribution in [0.2, 0.25) is 0 Å². The van der Waals surface area contributed by atoms with E-state index in [1.165, 1.54) is 22.4 Å². The topological polar surface area (TPSA) is 76.3 Å². The number of carbonyl (C=O) groups excluding carboxylic acids is 1. The molecule has 1 radical (unpaired) electrons. The van der Waals surface area contributed by atoms with E-state index >= 15 is 0 Å². The normalized spacial score (nSPS) is 12.6. The van der Waals surface area contributed by atoms with Crippen molar-refractivity contribution in [3.05, 3.63) is 77.4 Å². The number of hydrogen-bond acceptors (Lipinski definition) is 4. The second-order valence-corrected chi connectivity index (χ2v) is 9.31. The zero-order chi connectivity index (χ0) is 24.1. The van der Waals surface area contributed by atoms with Gasteiger partial charge >= 0.3 is 0 Å². The molecule has 5 nitrogen and oxygen atoms in total. The SMILES string of the molecule is CC(C)C(=O)/C=C(\O)C(C)C.CC(C)c1ccc2c(B3[N-]c4ccccc4N3)nccc2c1.[Ir]. The van der Waals surface area contributed by atoms with E-state index < -0.39 is 0 Å². The smallest absolute Gasteiger partial charge is 0.203 e. The van der Waals surface area contributed by atoms with Crippen molar-refractivity contribution < 1.29 is 30.0 Å². The Labute approximate surface area is 216 Å². The fourth-order valence-electron chi connectivity index (χ4n) is 3.43. The number of nitrogens with zero attached hydrogens (tertiary/aromatic N) is 2. The summed E-state index contributed by atoms with van der Waals surface area (Å²) in [5.74, 6) is 0.688. The van der Waals surface area contributed by atoms with Crippen LogP contribution in [0.3, 0.4) is 0 Å². The maximum Gasteiger partial charge on any atom is 0.203 e. The van der Waals surface area contributed by atoms with Crippen molar-refractivity contribution in [2.75, 3.05) is 5.23 Å². The summed E-state index contributed by atoms with van der Waals surface area (Å²) in [6, 6.07) is 16.8. The monoisotopic (exact) mass is 635 g/mol. The number of rotatable bonds is 5. The molecule has 3 aromatic rings. The minimum atomic E-state index is -0.106. The van der Waals surface area contributed by atoms with Gasteiger partial charge in [-0.3, -0.25) is 9.78 Å². The Hall–Kier alpha value is -2.63. The minimum absolute atomic E-state index is 0. The molecule has 0 amide bonds. The number of ketones is 1. The molecule has 1 aliphatic rings. The Bertz CT molecular complexity index is 1140. The fraction of sp³-hybridized carbons (Fsp3) is 0.333. The van der Waals surface area contributed by atoms with E-state index in [9.17, 15) is 9.90 Å². The molecule has 181 valence electrons. The average molecular weight is 635 g/mol. The van der Waals surface area contributed by atoms with Crippen molar-refractivity contribution in [3.8, 4) is 0 Å². The third-order valence-electron chi connectivity index (χ3n) is 5.66. The molecule has 0 fully saturated rings. The van der Waals surface area contributed by atoms with Gasteiger partial charge in [-0.25, -0.2) is 0 Å². The number of allylic oxidation sites excluding steroid dienone is 2. The van der Waals surface area contributed by atoms with Gasteiger partial charge in [0, 0.05) is 55.5 Å². The van der Waals surface area contributed by atoms with Gasteiger partial charge in [-0.2, -0.15) is 0 Å². The van der Waals surface area contributed by atoms with Crippen LogP contribution in [-0.4, -0.2) is 22.9 Å². The van der Waals surface area contributed by atoms with Crippen LogP contribution in [0.15, 0.2) is 66.6 Å². The van der Waals surface area contributed by atoms with Crippen LogP contribution in [0.25, 0.3) is 16.0 Å². The summed E-state index contributed by atoms with van der Waals surface area (Å²) in [7, 11) is 0. The fourth-order valence-corrected chi connectivity index (χ4v) is 3.43. The van der Waals surface area contributed by atoms with Gasteiger partial charge in [0.05, 0.1) is 5.76 Å². The molecule has 2 aromatic carbocycles. The Kier molecular flexibility index (Phi) is 9.90. The number of anilines is 1. The molecule has 34 heavy (non-hydrogen) atoms. The predicted molar refractivity (Wildman–Crippen MR) is 140 cm³/mol. The van der Waals surface area contributed by atoms with Crippen molar-refractivity contribution in [2.45, 2.75) is 47.5 Å². The third-order valence-corrected chi connectivity index (χ3v) is 5.66. The maximum atomic E-state index is 11.0. The molecule has 0 spiro atoms. The van der Waals surface area contributed by atoms with Gasteiger partial charge in [0.15, 0.2) is 5.78 Å². The maximum absolute atomic E-state index is 11.0. The number of hydrogen-bond donors (Lipinski definition) is 2. The number of aliphatic hydroxyl groups is 1. The van der Waals surface area contributed by atoms with Crippen LogP contribution >= 0.6 is 0 Å². The van der Waals surface area contributed by atoms with E-state index in [4.69, 9.17) is 5.23 Å². The van der Waals surface area contributed by atoms with Crippen LogP contribution in [0.1, 0.15) is 53.0 Å². The van der Waals surface area contributed by atoms with E-state index in [0.717, 1.165) is 17.0 Å². The molecular weight excluding hydrogens is 601 g/mol. The summed E-state index contributed by atoms with van der Waals surface area (Å²) < 4.78 is 0. The zero-order valence-electron chi connectivity index (χ0n) is 20.7. The van der Waals surface area contributed by atoms with Crippen molar-refractivity contribution in [1.82, 2.24) is 4.98 Å². The van der Waals surface area contributed by atoms with E-state index in [1.54, 1.807) is 0 Å². The van der Waals surface area contributed by atoms with Crippen molar-refractivity contribution in [2.24, 2.45) is 11.8 Å². The first-order valence-corrected chi connectivity index (χ1v) is 11.6. The summed E-state index contributed by atoms with van der Waals surface area (Å²) in [5.41, 5.74) is 4.42. The van der Waals surface area contributed by atoms with Gasteiger partial charge in [-0.15, -0.1) is 5.69 Å². The molecule has 1 aromatic heterocycles. The number of aromatic nitrogens is 1. The van der Waals surface area contributed by atoms with E-state index in [2.05, 4.69) is 54.4 Å². The molecule has 0 atom stereocenters. The van der Waals surface area contributed by atoms with Gasteiger partial charge in [0.25, 0.3) is 0 Å². The standard InChI is InChI=1S/C18H17BN3.C9H16O2.Ir/c1-12(2)13-7-8-15-14(11-13)9-10-20-18(15)19-21-16-5-3-4-6-17(16)22-19;1-6(2)8(10)5-9(11)7(3)4;/h3-12,21H,1-2H3;5-7,10H,1-4H3;/q-1;;/b;8-5-;. The Morgan fingerprint density at radius 2 is 1.74 bits per heavy atom. The average Bonchev–Trinajstić information content (AvgIpc) is 3.22. The minimum Gasteiger partial charge on any atom is -0.682 e. The molecule has 2 N–H and O–H groups in total. The van der Waals surface area contributed by atoms with E-state index in [-0.39, 0.29) is 50.5 Å². The zero-order valence-corrected chi connectivity index (χ0v) is 23.1. The third kappa shape index (κ3) is 6.71. The number of nitrogens with one attached hydrogen (secondary N) is 1. The van der Waals surface area contributed by atoms with Crippen LogP contribution in [0, 0.1) is 11.8 Å². The summed E-state index contributed by atoms with van der Waals surface area (Å²) in [6.07, 6.45) is 3.19. The summed E-state index contributed by atoms with van der Waals surface area (Å²) in [5, 5.41) is 19.8. The van der Waals surface area contributed by atoms with Gasteiger partial charge in [0.2, 0.25) is 6.98 Å². The largest absolute Gasteiger partial charge is 0.682 e. The number of fused-ring (bicyclic) bond motifs is 2. The molecule has 4 rings (SSSR count). The number of benzene rings is 2. The van der Waals surface area contributed by atoms with Crippen molar-refractivity contribution in [3.63, 3.8) is 0 Å². The van der Waals surface area contributed by atoms with Gasteiger partial charge in [0.1, 0.15) is 0 Å². The predicted octanol–water partition coefficient (Wildman–Crippen LogP) is 6.49. The second-order valence-electron chi connectivity index (χ2n) is 9.31. The molecule has 1 aliphatic heterocycles. The molecule has 0 bridgehead atoms. The summed E-state index contributed by atoms with van der Waals surface area (Å²) in [6.45, 7) is 11.6. The van der Waals surface area contributed by atoms with Crippen molar-refractivity contribution in [1.29, 1.82) is 0 Å². The van der Waals surface area contributed by atoms with E-state index in [1.807, 2.05) is 52.1 Å². The van der Waals surface area contributed by atoms with E-state index in [0.29, 0.717) is 5.92 Å².